The van der Waals surface area contributed by atoms with Crippen molar-refractivity contribution in [1.29, 1.82) is 0 Å². The second-order valence-electron chi connectivity index (χ2n) is 3.83. The molecule has 0 unspecified atom stereocenters. The van der Waals surface area contributed by atoms with Gasteiger partial charge in [0.25, 0.3) is 0 Å². The topological polar surface area (TPSA) is 77.9 Å². The Labute approximate surface area is 112 Å². The van der Waals surface area contributed by atoms with Crippen LogP contribution in [0.5, 0.6) is 0 Å². The highest BCUT2D eigenvalue weighted by Crippen LogP contribution is 2.01. The third-order valence-electron chi connectivity index (χ3n) is 2.28. The van der Waals surface area contributed by atoms with E-state index < -0.39 is 5.97 Å². The molecule has 1 heterocycles. The molecule has 0 aliphatic rings. The lowest BCUT2D eigenvalue weighted by Gasteiger charge is -2.05. The molecule has 1 aromatic rings. The van der Waals surface area contributed by atoms with Crippen LogP contribution in [-0.2, 0) is 20.8 Å². The smallest absolute Gasteiger partial charge is 0.354 e. The fourth-order valence-corrected chi connectivity index (χ4v) is 1.36. The summed E-state index contributed by atoms with van der Waals surface area (Å²) in [6.45, 7) is 2.64. The third-order valence-corrected chi connectivity index (χ3v) is 2.28. The van der Waals surface area contributed by atoms with Crippen molar-refractivity contribution in [3.05, 3.63) is 29.6 Å². The third kappa shape index (κ3) is 6.85. The van der Waals surface area contributed by atoms with Gasteiger partial charge in [0.05, 0.1) is 25.5 Å². The predicted octanol–water partition coefficient (Wildman–Crippen LogP) is 1.35. The highest BCUT2D eigenvalue weighted by molar-refractivity contribution is 5.85. The van der Waals surface area contributed by atoms with Gasteiger partial charge in [0, 0.05) is 20.3 Å². The molecule has 0 spiro atoms. The van der Waals surface area contributed by atoms with Crippen LogP contribution < -0.4 is 0 Å². The van der Waals surface area contributed by atoms with E-state index >= 15 is 0 Å². The molecule has 0 fully saturated rings. The molecule has 0 radical (unpaired) electrons. The van der Waals surface area contributed by atoms with E-state index in [1.807, 2.05) is 0 Å². The van der Waals surface area contributed by atoms with Gasteiger partial charge in [-0.2, -0.15) is 0 Å². The fourth-order valence-electron chi connectivity index (χ4n) is 1.36. The molecule has 1 aromatic heterocycles. The first-order valence-corrected chi connectivity index (χ1v) is 6.07. The average molecular weight is 269 g/mol. The molecule has 0 aliphatic carbocycles. The Hall–Kier alpha value is -1.50. The molecule has 0 saturated carbocycles. The zero-order chi connectivity index (χ0) is 13.9. The van der Waals surface area contributed by atoms with Crippen LogP contribution in [0.15, 0.2) is 18.2 Å². The second-order valence-corrected chi connectivity index (χ2v) is 3.83. The van der Waals surface area contributed by atoms with Gasteiger partial charge in [0.15, 0.2) is 0 Å². The molecule has 1 rings (SSSR count). The molecule has 0 saturated heterocycles. The van der Waals surface area contributed by atoms with Crippen molar-refractivity contribution in [2.45, 2.75) is 13.0 Å². The number of aromatic nitrogens is 1. The first kappa shape index (κ1) is 15.6. The highest BCUT2D eigenvalue weighted by atomic mass is 16.5. The van der Waals surface area contributed by atoms with Crippen molar-refractivity contribution in [1.82, 2.24) is 4.98 Å². The van der Waals surface area contributed by atoms with Crippen LogP contribution in [-0.4, -0.2) is 49.6 Å². The van der Waals surface area contributed by atoms with Gasteiger partial charge in [0.1, 0.15) is 5.69 Å². The molecule has 6 nitrogen and oxygen atoms in total. The lowest BCUT2D eigenvalue weighted by Crippen LogP contribution is -2.07. The van der Waals surface area contributed by atoms with E-state index in [1.165, 1.54) is 6.07 Å². The minimum absolute atomic E-state index is 0.0315. The molecule has 1 N–H and O–H groups in total. The van der Waals surface area contributed by atoms with Crippen LogP contribution >= 0.6 is 0 Å². The molecule has 0 amide bonds. The molecule has 0 aliphatic heterocycles. The Morgan fingerprint density at radius 1 is 1.21 bits per heavy atom. The molecule has 106 valence electrons. The van der Waals surface area contributed by atoms with Crippen LogP contribution in [0.2, 0.25) is 0 Å². The number of aromatic carboxylic acids is 1. The van der Waals surface area contributed by atoms with E-state index in [9.17, 15) is 4.79 Å². The van der Waals surface area contributed by atoms with E-state index in [1.54, 1.807) is 19.2 Å². The van der Waals surface area contributed by atoms with Gasteiger partial charge in [-0.05, 0) is 18.6 Å². The Bertz CT molecular complexity index is 383. The van der Waals surface area contributed by atoms with Crippen LogP contribution in [0.25, 0.3) is 0 Å². The first-order chi connectivity index (χ1) is 9.24. The highest BCUT2D eigenvalue weighted by Gasteiger charge is 2.04. The second kappa shape index (κ2) is 9.43. The van der Waals surface area contributed by atoms with Crippen LogP contribution in [0, 0.1) is 0 Å². The fraction of sp³-hybridized carbons (Fsp3) is 0.538. The summed E-state index contributed by atoms with van der Waals surface area (Å²) in [5, 5.41) is 8.79. The van der Waals surface area contributed by atoms with E-state index in [0.29, 0.717) is 38.7 Å². The van der Waals surface area contributed by atoms with Gasteiger partial charge in [-0.1, -0.05) is 6.07 Å². The van der Waals surface area contributed by atoms with Gasteiger partial charge in [-0.3, -0.25) is 0 Å². The molecular weight excluding hydrogens is 250 g/mol. The van der Waals surface area contributed by atoms with E-state index in [2.05, 4.69) is 4.98 Å². The number of carbonyl (C=O) groups is 1. The van der Waals surface area contributed by atoms with Gasteiger partial charge in [-0.15, -0.1) is 0 Å². The Kier molecular flexibility index (Phi) is 7.72. The number of carboxylic acid groups (broad SMARTS) is 1. The SMILES string of the molecule is COCCOCCCOCc1cccc(C(=O)O)n1. The van der Waals surface area contributed by atoms with Gasteiger partial charge < -0.3 is 19.3 Å². The number of hydrogen-bond donors (Lipinski definition) is 1. The number of pyridine rings is 1. The Morgan fingerprint density at radius 2 is 2.00 bits per heavy atom. The molecular formula is C13H19NO5. The van der Waals surface area contributed by atoms with Crippen molar-refractivity contribution in [2.24, 2.45) is 0 Å². The van der Waals surface area contributed by atoms with Crippen molar-refractivity contribution in [3.8, 4) is 0 Å². The summed E-state index contributed by atoms with van der Waals surface area (Å²) < 4.78 is 15.5. The lowest BCUT2D eigenvalue weighted by molar-refractivity contribution is 0.0477. The lowest BCUT2D eigenvalue weighted by atomic mass is 10.3. The summed E-state index contributed by atoms with van der Waals surface area (Å²) in [6, 6.07) is 4.85. The number of nitrogens with zero attached hydrogens (tertiary/aromatic N) is 1. The average Bonchev–Trinajstić information content (AvgIpc) is 2.42. The maximum atomic E-state index is 10.7. The normalized spacial score (nSPS) is 10.6. The van der Waals surface area contributed by atoms with Gasteiger partial charge in [-0.25, -0.2) is 9.78 Å². The Morgan fingerprint density at radius 3 is 2.74 bits per heavy atom. The number of ether oxygens (including phenoxy) is 3. The number of methoxy groups -OCH3 is 1. The van der Waals surface area contributed by atoms with Gasteiger partial charge in [0.2, 0.25) is 0 Å². The number of rotatable bonds is 10. The van der Waals surface area contributed by atoms with Crippen molar-refractivity contribution < 1.29 is 24.1 Å². The summed E-state index contributed by atoms with van der Waals surface area (Å²) in [5.41, 5.74) is 0.643. The maximum absolute atomic E-state index is 10.7. The summed E-state index contributed by atoms with van der Waals surface area (Å²) in [5.74, 6) is -1.03. The van der Waals surface area contributed by atoms with E-state index in [0.717, 1.165) is 6.42 Å². The minimum Gasteiger partial charge on any atom is -0.477 e. The predicted molar refractivity (Wildman–Crippen MR) is 68.2 cm³/mol. The summed E-state index contributed by atoms with van der Waals surface area (Å²) in [4.78, 5) is 14.7. The van der Waals surface area contributed by atoms with Crippen LogP contribution in [0.1, 0.15) is 22.6 Å². The monoisotopic (exact) mass is 269 g/mol. The zero-order valence-corrected chi connectivity index (χ0v) is 11.0. The summed E-state index contributed by atoms with van der Waals surface area (Å²) in [7, 11) is 1.63. The Balaban J connectivity index is 2.12. The maximum Gasteiger partial charge on any atom is 0.354 e. The van der Waals surface area contributed by atoms with E-state index in [-0.39, 0.29) is 5.69 Å². The van der Waals surface area contributed by atoms with Crippen molar-refractivity contribution in [2.75, 3.05) is 33.5 Å². The van der Waals surface area contributed by atoms with Crippen LogP contribution in [0.4, 0.5) is 0 Å². The van der Waals surface area contributed by atoms with Crippen molar-refractivity contribution in [3.63, 3.8) is 0 Å². The first-order valence-electron chi connectivity index (χ1n) is 6.07. The molecule has 19 heavy (non-hydrogen) atoms. The molecule has 0 bridgehead atoms. The quantitative estimate of drug-likeness (QED) is 0.646. The summed E-state index contributed by atoms with van der Waals surface area (Å²) in [6.07, 6.45) is 0.780. The largest absolute Gasteiger partial charge is 0.477 e. The molecule has 0 aromatic carbocycles. The summed E-state index contributed by atoms with van der Waals surface area (Å²) >= 11 is 0. The van der Waals surface area contributed by atoms with E-state index in [4.69, 9.17) is 19.3 Å². The van der Waals surface area contributed by atoms with Crippen LogP contribution in [0.3, 0.4) is 0 Å². The molecule has 0 atom stereocenters. The molecule has 6 heteroatoms. The number of hydrogen-bond acceptors (Lipinski definition) is 5. The standard InChI is InChI=1S/C13H19NO5/c1-17-8-9-18-6-3-7-19-10-11-4-2-5-12(14-11)13(15)16/h2,4-5H,3,6-10H2,1H3,(H,15,16). The van der Waals surface area contributed by atoms with Crippen molar-refractivity contribution >= 4 is 5.97 Å². The zero-order valence-electron chi connectivity index (χ0n) is 11.0. The van der Waals surface area contributed by atoms with Gasteiger partial charge >= 0.3 is 5.97 Å². The number of carboxylic acids is 1. The minimum atomic E-state index is -1.03.